The van der Waals surface area contributed by atoms with Gasteiger partial charge in [0, 0.05) is 32.1 Å². The summed E-state index contributed by atoms with van der Waals surface area (Å²) in [6.45, 7) is 7.24. The van der Waals surface area contributed by atoms with E-state index in [0.29, 0.717) is 39.3 Å². The maximum Gasteiger partial charge on any atom is 0.228 e. The lowest BCUT2D eigenvalue weighted by molar-refractivity contribution is -0.139. The first-order valence-corrected chi connectivity index (χ1v) is 6.79. The van der Waals surface area contributed by atoms with Crippen molar-refractivity contribution < 1.29 is 14.3 Å². The molecule has 102 valence electrons. The molecule has 2 atom stereocenters. The van der Waals surface area contributed by atoms with E-state index in [4.69, 9.17) is 4.74 Å². The second-order valence-corrected chi connectivity index (χ2v) is 5.14. The third-order valence-electron chi connectivity index (χ3n) is 3.95. The van der Waals surface area contributed by atoms with E-state index >= 15 is 0 Å². The molecular weight excluding hydrogens is 232 g/mol. The minimum Gasteiger partial charge on any atom is -0.378 e. The zero-order valence-electron chi connectivity index (χ0n) is 11.2. The molecule has 0 aromatic carbocycles. The molecule has 0 bridgehead atoms. The van der Waals surface area contributed by atoms with Gasteiger partial charge in [-0.05, 0) is 13.3 Å². The quantitative estimate of drug-likeness (QED) is 0.736. The van der Waals surface area contributed by atoms with Crippen molar-refractivity contribution in [1.29, 1.82) is 0 Å². The molecule has 0 spiro atoms. The Morgan fingerprint density at radius 3 is 2.72 bits per heavy atom. The summed E-state index contributed by atoms with van der Waals surface area (Å²) in [5.74, 6) is 0.0954. The molecule has 0 N–H and O–H groups in total. The molecule has 2 heterocycles. The zero-order valence-corrected chi connectivity index (χ0v) is 11.2. The molecular formula is C13H22N2O3. The lowest BCUT2D eigenvalue weighted by atomic mass is 10.1. The van der Waals surface area contributed by atoms with Gasteiger partial charge in [-0.3, -0.25) is 9.59 Å². The molecule has 2 rings (SSSR count). The standard InChI is InChI=1S/C13H22N2O3/c1-3-10(2)15-9-11(8-12(15)16)13(17)14-4-6-18-7-5-14/h10-11H,3-9H2,1-2H3. The van der Waals surface area contributed by atoms with Crippen molar-refractivity contribution in [1.82, 2.24) is 9.80 Å². The molecule has 2 unspecified atom stereocenters. The highest BCUT2D eigenvalue weighted by Gasteiger charge is 2.38. The van der Waals surface area contributed by atoms with Crippen LogP contribution in [-0.2, 0) is 14.3 Å². The average molecular weight is 254 g/mol. The highest BCUT2D eigenvalue weighted by molar-refractivity contribution is 5.89. The van der Waals surface area contributed by atoms with Gasteiger partial charge in [-0.15, -0.1) is 0 Å². The molecule has 5 nitrogen and oxygen atoms in total. The van der Waals surface area contributed by atoms with E-state index in [1.54, 1.807) is 0 Å². The number of carbonyl (C=O) groups excluding carboxylic acids is 2. The van der Waals surface area contributed by atoms with Crippen LogP contribution in [0.2, 0.25) is 0 Å². The van der Waals surface area contributed by atoms with Crippen molar-refractivity contribution in [3.8, 4) is 0 Å². The fraction of sp³-hybridized carbons (Fsp3) is 0.846. The molecule has 0 radical (unpaired) electrons. The average Bonchev–Trinajstić information content (AvgIpc) is 2.80. The Balaban J connectivity index is 1.94. The van der Waals surface area contributed by atoms with Crippen molar-refractivity contribution in [2.45, 2.75) is 32.7 Å². The molecule has 0 saturated carbocycles. The van der Waals surface area contributed by atoms with E-state index in [1.165, 1.54) is 0 Å². The van der Waals surface area contributed by atoms with Crippen LogP contribution in [0.1, 0.15) is 26.7 Å². The van der Waals surface area contributed by atoms with Crippen molar-refractivity contribution in [2.75, 3.05) is 32.8 Å². The third kappa shape index (κ3) is 2.66. The van der Waals surface area contributed by atoms with E-state index in [2.05, 4.69) is 6.92 Å². The number of morpholine rings is 1. The summed E-state index contributed by atoms with van der Waals surface area (Å²) in [6.07, 6.45) is 1.31. The molecule has 2 saturated heterocycles. The molecule has 2 aliphatic rings. The Hall–Kier alpha value is -1.10. The summed E-state index contributed by atoms with van der Waals surface area (Å²) in [4.78, 5) is 27.9. The molecule has 0 aromatic rings. The summed E-state index contributed by atoms with van der Waals surface area (Å²) < 4.78 is 5.24. The number of amides is 2. The normalized spacial score (nSPS) is 26.6. The first kappa shape index (κ1) is 13.3. The van der Waals surface area contributed by atoms with Crippen LogP contribution >= 0.6 is 0 Å². The first-order valence-electron chi connectivity index (χ1n) is 6.79. The number of ether oxygens (including phenoxy) is 1. The van der Waals surface area contributed by atoms with Gasteiger partial charge >= 0.3 is 0 Å². The Labute approximate surface area is 108 Å². The van der Waals surface area contributed by atoms with Gasteiger partial charge in [0.1, 0.15) is 0 Å². The highest BCUT2D eigenvalue weighted by Crippen LogP contribution is 2.23. The van der Waals surface area contributed by atoms with Gasteiger partial charge in [-0.1, -0.05) is 6.92 Å². The Kier molecular flexibility index (Phi) is 4.22. The summed E-state index contributed by atoms with van der Waals surface area (Å²) in [5, 5.41) is 0. The third-order valence-corrected chi connectivity index (χ3v) is 3.95. The SMILES string of the molecule is CCC(C)N1CC(C(=O)N2CCOCC2)CC1=O. The number of hydrogen-bond acceptors (Lipinski definition) is 3. The molecule has 0 aromatic heterocycles. The van der Waals surface area contributed by atoms with Crippen molar-refractivity contribution in [2.24, 2.45) is 5.92 Å². The lowest BCUT2D eigenvalue weighted by Gasteiger charge is -2.29. The summed E-state index contributed by atoms with van der Waals surface area (Å²) >= 11 is 0. The summed E-state index contributed by atoms with van der Waals surface area (Å²) in [5.41, 5.74) is 0. The van der Waals surface area contributed by atoms with Gasteiger partial charge in [0.2, 0.25) is 11.8 Å². The van der Waals surface area contributed by atoms with Gasteiger partial charge in [0.25, 0.3) is 0 Å². The fourth-order valence-electron chi connectivity index (χ4n) is 2.59. The van der Waals surface area contributed by atoms with Crippen LogP contribution in [-0.4, -0.2) is 60.5 Å². The smallest absolute Gasteiger partial charge is 0.228 e. The van der Waals surface area contributed by atoms with Crippen LogP contribution in [0.5, 0.6) is 0 Å². The Morgan fingerprint density at radius 1 is 1.44 bits per heavy atom. The van der Waals surface area contributed by atoms with E-state index < -0.39 is 0 Å². The van der Waals surface area contributed by atoms with Gasteiger partial charge in [-0.25, -0.2) is 0 Å². The molecule has 2 fully saturated rings. The van der Waals surface area contributed by atoms with E-state index in [-0.39, 0.29) is 23.8 Å². The van der Waals surface area contributed by atoms with Crippen LogP contribution in [0.25, 0.3) is 0 Å². The zero-order chi connectivity index (χ0) is 13.1. The predicted molar refractivity (Wildman–Crippen MR) is 67.0 cm³/mol. The number of rotatable bonds is 3. The maximum atomic E-state index is 12.3. The topological polar surface area (TPSA) is 49.9 Å². The van der Waals surface area contributed by atoms with Gasteiger partial charge in [0.15, 0.2) is 0 Å². The first-order chi connectivity index (χ1) is 8.63. The minimum atomic E-state index is -0.149. The van der Waals surface area contributed by atoms with Crippen LogP contribution in [0.15, 0.2) is 0 Å². The van der Waals surface area contributed by atoms with Crippen LogP contribution in [0.4, 0.5) is 0 Å². The molecule has 2 aliphatic heterocycles. The van der Waals surface area contributed by atoms with Crippen molar-refractivity contribution >= 4 is 11.8 Å². The second-order valence-electron chi connectivity index (χ2n) is 5.14. The van der Waals surface area contributed by atoms with Crippen LogP contribution in [0, 0.1) is 5.92 Å². The highest BCUT2D eigenvalue weighted by atomic mass is 16.5. The summed E-state index contributed by atoms with van der Waals surface area (Å²) in [7, 11) is 0. The van der Waals surface area contributed by atoms with Gasteiger partial charge in [-0.2, -0.15) is 0 Å². The Bertz CT molecular complexity index is 326. The monoisotopic (exact) mass is 254 g/mol. The van der Waals surface area contributed by atoms with Gasteiger partial charge < -0.3 is 14.5 Å². The minimum absolute atomic E-state index is 0.121. The van der Waals surface area contributed by atoms with Gasteiger partial charge in [0.05, 0.1) is 19.1 Å². The molecule has 5 heteroatoms. The van der Waals surface area contributed by atoms with E-state index in [1.807, 2.05) is 16.7 Å². The number of carbonyl (C=O) groups is 2. The second kappa shape index (κ2) is 5.69. The van der Waals surface area contributed by atoms with E-state index in [0.717, 1.165) is 6.42 Å². The predicted octanol–water partition coefficient (Wildman–Crippen LogP) is 0.492. The summed E-state index contributed by atoms with van der Waals surface area (Å²) in [6, 6.07) is 0.236. The largest absolute Gasteiger partial charge is 0.378 e. The van der Waals surface area contributed by atoms with Crippen molar-refractivity contribution in [3.05, 3.63) is 0 Å². The van der Waals surface area contributed by atoms with E-state index in [9.17, 15) is 9.59 Å². The van der Waals surface area contributed by atoms with Crippen LogP contribution < -0.4 is 0 Å². The van der Waals surface area contributed by atoms with Crippen molar-refractivity contribution in [3.63, 3.8) is 0 Å². The molecule has 0 aliphatic carbocycles. The number of likely N-dealkylation sites (tertiary alicyclic amines) is 1. The van der Waals surface area contributed by atoms with Crippen LogP contribution in [0.3, 0.4) is 0 Å². The lowest BCUT2D eigenvalue weighted by Crippen LogP contribution is -2.44. The Morgan fingerprint density at radius 2 is 2.11 bits per heavy atom. The maximum absolute atomic E-state index is 12.3. The number of hydrogen-bond donors (Lipinski definition) is 0. The number of nitrogens with zero attached hydrogens (tertiary/aromatic N) is 2. The molecule has 18 heavy (non-hydrogen) atoms. The molecule has 2 amide bonds. The fourth-order valence-corrected chi connectivity index (χ4v) is 2.59.